The molecule has 0 radical (unpaired) electrons. The van der Waals surface area contributed by atoms with Crippen molar-refractivity contribution in [1.29, 1.82) is 0 Å². The number of aryl methyl sites for hydroxylation is 2. The van der Waals surface area contributed by atoms with Crippen LogP contribution in [0.3, 0.4) is 0 Å². The number of fused-ring (bicyclic) bond motifs is 3. The zero-order valence-corrected chi connectivity index (χ0v) is 21.8. The quantitative estimate of drug-likeness (QED) is 0.344. The average Bonchev–Trinajstić information content (AvgIpc) is 3.37. The van der Waals surface area contributed by atoms with Gasteiger partial charge in [0.1, 0.15) is 29.2 Å². The Kier molecular flexibility index (Phi) is 6.40. The molecule has 0 spiro atoms. The van der Waals surface area contributed by atoms with Gasteiger partial charge in [-0.25, -0.2) is 0 Å². The van der Waals surface area contributed by atoms with Crippen molar-refractivity contribution in [2.45, 2.75) is 33.7 Å². The predicted molar refractivity (Wildman–Crippen MR) is 145 cm³/mol. The Morgan fingerprint density at radius 2 is 1.86 bits per heavy atom. The zero-order valence-electron chi connectivity index (χ0n) is 21.0. The smallest absolute Gasteiger partial charge is 0.308 e. The molecule has 5 rings (SSSR count). The lowest BCUT2D eigenvalue weighted by Crippen LogP contribution is -2.21. The molecule has 2 aromatic carbocycles. The molecule has 7 nitrogen and oxygen atoms in total. The number of aliphatic carboxylic acids is 1. The van der Waals surface area contributed by atoms with Gasteiger partial charge in [0.2, 0.25) is 0 Å². The van der Waals surface area contributed by atoms with Crippen molar-refractivity contribution in [3.05, 3.63) is 81.7 Å². The number of carbonyl (C=O) groups is 1. The second-order valence-electron chi connectivity index (χ2n) is 9.05. The van der Waals surface area contributed by atoms with Gasteiger partial charge in [-0.15, -0.1) is 28.0 Å². The van der Waals surface area contributed by atoms with E-state index in [4.69, 9.17) is 16.2 Å². The minimum atomic E-state index is -0.930. The highest BCUT2D eigenvalue weighted by Gasteiger charge is 2.36. The minimum Gasteiger partial charge on any atom is -0.481 e. The maximum absolute atomic E-state index is 12.1. The number of nitrogens with zero attached hydrogens (tertiary/aromatic N) is 4. The Labute approximate surface area is 219 Å². The van der Waals surface area contributed by atoms with Crippen molar-refractivity contribution in [1.82, 2.24) is 14.8 Å². The van der Waals surface area contributed by atoms with Gasteiger partial charge in [-0.05, 0) is 56.5 Å². The Hall–Kier alpha value is -4.22. The number of carboxylic acids is 1. The van der Waals surface area contributed by atoms with Crippen molar-refractivity contribution in [3.8, 4) is 34.2 Å². The van der Waals surface area contributed by atoms with Gasteiger partial charge in [0.15, 0.2) is 5.82 Å². The topological polar surface area (TPSA) is 89.6 Å². The van der Waals surface area contributed by atoms with Crippen LogP contribution in [0.4, 0.5) is 0 Å². The van der Waals surface area contributed by atoms with E-state index in [1.165, 1.54) is 4.88 Å². The lowest BCUT2D eigenvalue weighted by Gasteiger charge is -2.16. The van der Waals surface area contributed by atoms with Crippen LogP contribution in [0, 0.1) is 39.0 Å². The fourth-order valence-electron chi connectivity index (χ4n) is 4.53. The first-order chi connectivity index (χ1) is 17.8. The molecule has 186 valence electrons. The molecule has 0 saturated carbocycles. The van der Waals surface area contributed by atoms with E-state index in [1.54, 1.807) is 18.3 Å². The zero-order chi connectivity index (χ0) is 26.3. The van der Waals surface area contributed by atoms with Gasteiger partial charge >= 0.3 is 5.97 Å². The third-order valence-electron chi connectivity index (χ3n) is 6.70. The number of thiophene rings is 1. The molecular weight excluding hydrogens is 484 g/mol. The van der Waals surface area contributed by atoms with E-state index in [-0.39, 0.29) is 6.61 Å². The largest absolute Gasteiger partial charge is 0.481 e. The number of aliphatic imine (C=N–C) groups is 1. The van der Waals surface area contributed by atoms with Crippen LogP contribution in [0.15, 0.2) is 53.5 Å². The predicted octanol–water partition coefficient (Wildman–Crippen LogP) is 5.55. The van der Waals surface area contributed by atoms with Gasteiger partial charge < -0.3 is 9.84 Å². The van der Waals surface area contributed by atoms with Crippen LogP contribution in [0.25, 0.3) is 16.1 Å². The summed E-state index contributed by atoms with van der Waals surface area (Å²) in [6, 6.07) is 15.2. The molecule has 0 bridgehead atoms. The first-order valence-electron chi connectivity index (χ1n) is 11.9. The third-order valence-corrected chi connectivity index (χ3v) is 7.89. The van der Waals surface area contributed by atoms with Crippen LogP contribution in [0.2, 0.25) is 0 Å². The molecule has 1 aliphatic rings. The average molecular weight is 511 g/mol. The summed E-state index contributed by atoms with van der Waals surface area (Å²) in [5.74, 6) is 2.74. The summed E-state index contributed by atoms with van der Waals surface area (Å²) in [5, 5.41) is 19.5. The van der Waals surface area contributed by atoms with E-state index in [9.17, 15) is 9.90 Å². The van der Waals surface area contributed by atoms with Crippen LogP contribution in [0.5, 0.6) is 5.75 Å². The number of rotatable bonds is 6. The highest BCUT2D eigenvalue weighted by Crippen LogP contribution is 2.40. The number of benzene rings is 2. The Balaban J connectivity index is 1.63. The molecule has 3 heterocycles. The van der Waals surface area contributed by atoms with Crippen LogP contribution >= 0.6 is 11.3 Å². The van der Waals surface area contributed by atoms with Gasteiger partial charge in [0.25, 0.3) is 0 Å². The molecule has 0 amide bonds. The maximum atomic E-state index is 12.1. The van der Waals surface area contributed by atoms with E-state index >= 15 is 0 Å². The summed E-state index contributed by atoms with van der Waals surface area (Å²) < 4.78 is 7.54. The molecule has 4 aromatic rings. The molecule has 0 saturated heterocycles. The summed E-state index contributed by atoms with van der Waals surface area (Å²) in [4.78, 5) is 18.3. The van der Waals surface area contributed by atoms with Crippen LogP contribution in [0.1, 0.15) is 46.2 Å². The van der Waals surface area contributed by atoms with E-state index in [0.29, 0.717) is 17.4 Å². The number of aromatic nitrogens is 3. The molecule has 1 N–H and O–H groups in total. The summed E-state index contributed by atoms with van der Waals surface area (Å²) in [5.41, 5.74) is 5.80. The molecule has 0 fully saturated rings. The van der Waals surface area contributed by atoms with Gasteiger partial charge in [0, 0.05) is 16.0 Å². The normalized spacial score (nSPS) is 15.1. The summed E-state index contributed by atoms with van der Waals surface area (Å²) in [7, 11) is 0. The van der Waals surface area contributed by atoms with E-state index < -0.39 is 17.9 Å². The second-order valence-corrected chi connectivity index (χ2v) is 10.3. The molecular formula is C29H26N4O3S. The molecule has 1 aliphatic heterocycles. The van der Waals surface area contributed by atoms with Gasteiger partial charge in [-0.2, -0.15) is 0 Å². The van der Waals surface area contributed by atoms with Gasteiger partial charge in [0.05, 0.1) is 11.6 Å². The lowest BCUT2D eigenvalue weighted by atomic mass is 9.96. The number of carboxylic acid groups (broad SMARTS) is 1. The van der Waals surface area contributed by atoms with Gasteiger partial charge in [-0.1, -0.05) is 42.3 Å². The Morgan fingerprint density at radius 1 is 1.14 bits per heavy atom. The number of hydrogen-bond donors (Lipinski definition) is 1. The molecule has 2 atom stereocenters. The van der Waals surface area contributed by atoms with Gasteiger partial charge in [-0.3, -0.25) is 14.4 Å². The highest BCUT2D eigenvalue weighted by molar-refractivity contribution is 7.15. The Morgan fingerprint density at radius 3 is 2.57 bits per heavy atom. The number of terminal acetylenes is 1. The van der Waals surface area contributed by atoms with Crippen molar-refractivity contribution in [2.24, 2.45) is 10.9 Å². The fourth-order valence-corrected chi connectivity index (χ4v) is 5.74. The molecule has 8 heteroatoms. The first kappa shape index (κ1) is 24.5. The van der Waals surface area contributed by atoms with E-state index in [0.717, 1.165) is 38.5 Å². The fraction of sp³-hybridized carbons (Fsp3) is 0.241. The second kappa shape index (κ2) is 9.68. The lowest BCUT2D eigenvalue weighted by molar-refractivity contribution is -0.141. The molecule has 0 aliphatic carbocycles. The summed E-state index contributed by atoms with van der Waals surface area (Å²) >= 11 is 1.65. The maximum Gasteiger partial charge on any atom is 0.308 e. The minimum absolute atomic E-state index is 0.215. The number of hydrogen-bond acceptors (Lipinski definition) is 6. The van der Waals surface area contributed by atoms with Crippen LogP contribution < -0.4 is 4.74 Å². The van der Waals surface area contributed by atoms with Crippen LogP contribution in [-0.2, 0) is 4.79 Å². The SMILES string of the molecule is C#CCOc1cccc(-c2ccc(C3=N[C@@H](C(C)C(=O)O)c4nnc(C)n4-c4sc(C)c(C)c43)cc2)c1. The monoisotopic (exact) mass is 510 g/mol. The molecule has 2 aromatic heterocycles. The third kappa shape index (κ3) is 4.32. The molecule has 1 unspecified atom stereocenters. The summed E-state index contributed by atoms with van der Waals surface area (Å²) in [6.45, 7) is 7.93. The first-order valence-corrected chi connectivity index (χ1v) is 12.7. The highest BCUT2D eigenvalue weighted by atomic mass is 32.1. The van der Waals surface area contributed by atoms with Crippen molar-refractivity contribution >= 4 is 23.0 Å². The van der Waals surface area contributed by atoms with Crippen molar-refractivity contribution in [3.63, 3.8) is 0 Å². The van der Waals surface area contributed by atoms with Crippen molar-refractivity contribution in [2.75, 3.05) is 6.61 Å². The van der Waals surface area contributed by atoms with Crippen LogP contribution in [-0.4, -0.2) is 38.2 Å². The summed E-state index contributed by atoms with van der Waals surface area (Å²) in [6.07, 6.45) is 5.32. The van der Waals surface area contributed by atoms with E-state index in [1.807, 2.05) is 60.0 Å². The Bertz CT molecular complexity index is 1570. The standard InChI is InChI=1S/C29H26N4O3S/c1-6-14-36-23-9-7-8-22(15-23)20-10-12-21(13-11-20)26-24-16(2)18(4)37-28(24)33-19(5)31-32-27(33)25(30-26)17(3)29(34)35/h1,7-13,15,17,25H,14H2,2-5H3,(H,34,35)/t17?,25-/m0/s1. The molecule has 37 heavy (non-hydrogen) atoms. The number of ether oxygens (including phenoxy) is 1. The van der Waals surface area contributed by atoms with Crippen molar-refractivity contribution < 1.29 is 14.6 Å². The van der Waals surface area contributed by atoms with E-state index in [2.05, 4.69) is 30.0 Å².